The Morgan fingerprint density at radius 2 is 1.87 bits per heavy atom. The third kappa shape index (κ3) is 5.44. The Kier molecular flexibility index (Phi) is 6.31. The SMILES string of the molecule is O=C(O)CN1[CH]CNCC1CCCCC1CCN(C2CC2)CC1. The van der Waals surface area contributed by atoms with E-state index in [0.29, 0.717) is 6.04 Å². The zero-order valence-electron chi connectivity index (χ0n) is 14.3. The van der Waals surface area contributed by atoms with Crippen molar-refractivity contribution in [1.29, 1.82) is 0 Å². The molecule has 1 atom stereocenters. The number of nitrogens with one attached hydrogen (secondary N) is 1. The molecule has 0 aromatic rings. The van der Waals surface area contributed by atoms with Crippen LogP contribution in [0.1, 0.15) is 51.4 Å². The van der Waals surface area contributed by atoms with Gasteiger partial charge in [0.1, 0.15) is 0 Å². The molecule has 131 valence electrons. The number of carboxylic acids is 1. The maximum Gasteiger partial charge on any atom is 0.317 e. The van der Waals surface area contributed by atoms with Crippen molar-refractivity contribution in [1.82, 2.24) is 15.1 Å². The molecule has 3 aliphatic rings. The number of piperazine rings is 1. The Bertz CT molecular complexity index is 378. The third-order valence-corrected chi connectivity index (χ3v) is 5.75. The highest BCUT2D eigenvalue weighted by molar-refractivity contribution is 5.69. The minimum Gasteiger partial charge on any atom is -0.480 e. The van der Waals surface area contributed by atoms with E-state index in [9.17, 15) is 4.79 Å². The van der Waals surface area contributed by atoms with Crippen molar-refractivity contribution in [2.24, 2.45) is 5.92 Å². The lowest BCUT2D eigenvalue weighted by Crippen LogP contribution is -2.49. The summed E-state index contributed by atoms with van der Waals surface area (Å²) in [7, 11) is 0. The van der Waals surface area contributed by atoms with Crippen LogP contribution in [0, 0.1) is 12.5 Å². The van der Waals surface area contributed by atoms with Crippen LogP contribution in [0.15, 0.2) is 0 Å². The molecule has 23 heavy (non-hydrogen) atoms. The maximum absolute atomic E-state index is 10.9. The average molecular weight is 322 g/mol. The van der Waals surface area contributed by atoms with Gasteiger partial charge in [0.2, 0.25) is 0 Å². The Balaban J connectivity index is 1.29. The van der Waals surface area contributed by atoms with Gasteiger partial charge in [-0.15, -0.1) is 0 Å². The van der Waals surface area contributed by atoms with Crippen LogP contribution in [0.5, 0.6) is 0 Å². The molecule has 1 aliphatic carbocycles. The number of unbranched alkanes of at least 4 members (excludes halogenated alkanes) is 1. The van der Waals surface area contributed by atoms with Crippen molar-refractivity contribution in [3.05, 3.63) is 6.54 Å². The maximum atomic E-state index is 10.9. The summed E-state index contributed by atoms with van der Waals surface area (Å²) in [6.07, 6.45) is 10.6. The van der Waals surface area contributed by atoms with Crippen molar-refractivity contribution < 1.29 is 9.90 Å². The first-order valence-corrected chi connectivity index (χ1v) is 9.48. The van der Waals surface area contributed by atoms with E-state index in [1.807, 2.05) is 11.4 Å². The topological polar surface area (TPSA) is 55.8 Å². The van der Waals surface area contributed by atoms with E-state index >= 15 is 0 Å². The van der Waals surface area contributed by atoms with Gasteiger partial charge in [0, 0.05) is 31.7 Å². The van der Waals surface area contributed by atoms with Gasteiger partial charge < -0.3 is 15.3 Å². The van der Waals surface area contributed by atoms with Crippen molar-refractivity contribution in [2.45, 2.75) is 63.5 Å². The molecule has 2 saturated heterocycles. The molecule has 5 nitrogen and oxygen atoms in total. The van der Waals surface area contributed by atoms with Crippen LogP contribution in [-0.2, 0) is 4.79 Å². The zero-order chi connectivity index (χ0) is 16.1. The molecule has 0 aromatic carbocycles. The summed E-state index contributed by atoms with van der Waals surface area (Å²) in [5, 5.41) is 12.4. The van der Waals surface area contributed by atoms with Gasteiger partial charge in [-0.05, 0) is 51.1 Å². The van der Waals surface area contributed by atoms with Gasteiger partial charge in [-0.1, -0.05) is 19.3 Å². The quantitative estimate of drug-likeness (QED) is 0.669. The Morgan fingerprint density at radius 1 is 1.13 bits per heavy atom. The van der Waals surface area contributed by atoms with E-state index < -0.39 is 5.97 Å². The predicted molar refractivity (Wildman–Crippen MR) is 91.1 cm³/mol. The second kappa shape index (κ2) is 8.45. The van der Waals surface area contributed by atoms with Gasteiger partial charge in [-0.2, -0.15) is 0 Å². The molecular formula is C18H32N3O2. The number of piperidine rings is 1. The summed E-state index contributed by atoms with van der Waals surface area (Å²) in [6, 6.07) is 1.29. The predicted octanol–water partition coefficient (Wildman–Crippen LogP) is 1.94. The van der Waals surface area contributed by atoms with E-state index in [-0.39, 0.29) is 6.54 Å². The van der Waals surface area contributed by atoms with Crippen molar-refractivity contribution in [3.8, 4) is 0 Å². The van der Waals surface area contributed by atoms with E-state index in [2.05, 4.69) is 10.2 Å². The van der Waals surface area contributed by atoms with E-state index in [4.69, 9.17) is 5.11 Å². The Hall–Kier alpha value is -0.650. The number of rotatable bonds is 8. The van der Waals surface area contributed by atoms with Gasteiger partial charge in [0.15, 0.2) is 0 Å². The summed E-state index contributed by atoms with van der Waals surface area (Å²) in [6.45, 7) is 6.52. The number of hydrogen-bond donors (Lipinski definition) is 2. The van der Waals surface area contributed by atoms with Gasteiger partial charge >= 0.3 is 5.97 Å². The zero-order valence-corrected chi connectivity index (χ0v) is 14.3. The first-order chi connectivity index (χ1) is 11.2. The number of aliphatic carboxylic acids is 1. The highest BCUT2D eigenvalue weighted by Crippen LogP contribution is 2.32. The van der Waals surface area contributed by atoms with Crippen LogP contribution in [0.25, 0.3) is 0 Å². The lowest BCUT2D eigenvalue weighted by molar-refractivity contribution is -0.138. The smallest absolute Gasteiger partial charge is 0.317 e. The van der Waals surface area contributed by atoms with Gasteiger partial charge in [0.05, 0.1) is 6.54 Å². The molecule has 0 amide bonds. The van der Waals surface area contributed by atoms with Crippen LogP contribution >= 0.6 is 0 Å². The van der Waals surface area contributed by atoms with Crippen LogP contribution in [0.2, 0.25) is 0 Å². The number of carbonyl (C=O) groups is 1. The number of nitrogens with zero attached hydrogens (tertiary/aromatic N) is 2. The number of carboxylic acid groups (broad SMARTS) is 1. The summed E-state index contributed by atoms with van der Waals surface area (Å²) < 4.78 is 0. The molecule has 0 spiro atoms. The lowest BCUT2D eigenvalue weighted by atomic mass is 9.90. The van der Waals surface area contributed by atoms with Gasteiger partial charge in [-0.3, -0.25) is 9.69 Å². The molecule has 3 fully saturated rings. The molecule has 2 aliphatic heterocycles. The van der Waals surface area contributed by atoms with E-state index in [0.717, 1.165) is 31.5 Å². The van der Waals surface area contributed by atoms with Crippen molar-refractivity contribution in [2.75, 3.05) is 32.7 Å². The summed E-state index contributed by atoms with van der Waals surface area (Å²) >= 11 is 0. The minimum absolute atomic E-state index is 0.145. The van der Waals surface area contributed by atoms with Gasteiger partial charge in [-0.25, -0.2) is 0 Å². The molecule has 1 saturated carbocycles. The lowest BCUT2D eigenvalue weighted by Gasteiger charge is -2.35. The van der Waals surface area contributed by atoms with Crippen LogP contribution < -0.4 is 5.32 Å². The number of hydrogen-bond acceptors (Lipinski definition) is 4. The summed E-state index contributed by atoms with van der Waals surface area (Å²) in [5.74, 6) is 0.201. The molecule has 5 heteroatoms. The second-order valence-electron chi connectivity index (χ2n) is 7.56. The molecule has 2 heterocycles. The molecule has 1 unspecified atom stereocenters. The highest BCUT2D eigenvalue weighted by Gasteiger charge is 2.31. The standard InChI is InChI=1S/C18H32N3O2/c22-18(23)14-21-12-9-19-13-17(21)4-2-1-3-15-7-10-20(11-8-15)16-5-6-16/h12,15-17,19H,1-11,13-14H2,(H,22,23). The fourth-order valence-corrected chi connectivity index (χ4v) is 4.18. The van der Waals surface area contributed by atoms with Crippen molar-refractivity contribution >= 4 is 5.97 Å². The first-order valence-electron chi connectivity index (χ1n) is 9.48. The Morgan fingerprint density at radius 3 is 2.57 bits per heavy atom. The third-order valence-electron chi connectivity index (χ3n) is 5.75. The first kappa shape index (κ1) is 17.2. The average Bonchev–Trinajstić information content (AvgIpc) is 3.38. The van der Waals surface area contributed by atoms with Crippen molar-refractivity contribution in [3.63, 3.8) is 0 Å². The molecule has 0 aromatic heterocycles. The van der Waals surface area contributed by atoms with E-state index in [1.165, 1.54) is 58.0 Å². The molecule has 0 bridgehead atoms. The van der Waals surface area contributed by atoms with Crippen LogP contribution in [0.3, 0.4) is 0 Å². The molecular weight excluding hydrogens is 290 g/mol. The van der Waals surface area contributed by atoms with Gasteiger partial charge in [0.25, 0.3) is 0 Å². The summed E-state index contributed by atoms with van der Waals surface area (Å²) in [4.78, 5) is 15.7. The largest absolute Gasteiger partial charge is 0.480 e. The fraction of sp³-hybridized carbons (Fsp3) is 0.889. The summed E-state index contributed by atoms with van der Waals surface area (Å²) in [5.41, 5.74) is 0. The van der Waals surface area contributed by atoms with E-state index in [1.54, 1.807) is 0 Å². The fourth-order valence-electron chi connectivity index (χ4n) is 4.18. The molecule has 3 rings (SSSR count). The second-order valence-corrected chi connectivity index (χ2v) is 7.56. The Labute approximate surface area is 140 Å². The highest BCUT2D eigenvalue weighted by atomic mass is 16.4. The molecule has 2 N–H and O–H groups in total. The normalized spacial score (nSPS) is 28.1. The molecule has 1 radical (unpaired) electrons. The minimum atomic E-state index is -0.726. The van der Waals surface area contributed by atoms with Crippen LogP contribution in [-0.4, -0.2) is 65.7 Å². The van der Waals surface area contributed by atoms with Crippen LogP contribution in [0.4, 0.5) is 0 Å². The monoisotopic (exact) mass is 322 g/mol. The number of likely N-dealkylation sites (tertiary alicyclic amines) is 1.